The van der Waals surface area contributed by atoms with E-state index in [0.717, 1.165) is 17.2 Å². The molecule has 0 radical (unpaired) electrons. The van der Waals surface area contributed by atoms with E-state index in [-0.39, 0.29) is 5.91 Å². The predicted octanol–water partition coefficient (Wildman–Crippen LogP) is 3.95. The van der Waals surface area contributed by atoms with Gasteiger partial charge in [-0.05, 0) is 45.0 Å². The molecule has 7 nitrogen and oxygen atoms in total. The lowest BCUT2D eigenvalue weighted by molar-refractivity contribution is -0.138. The van der Waals surface area contributed by atoms with E-state index in [2.05, 4.69) is 34.3 Å². The highest BCUT2D eigenvalue weighted by Gasteiger charge is 2.27. The quantitative estimate of drug-likeness (QED) is 0.637. The molecule has 1 amide bonds. The third-order valence-corrected chi connectivity index (χ3v) is 5.44. The Labute approximate surface area is 189 Å². The Bertz CT molecular complexity index is 1050. The summed E-state index contributed by atoms with van der Waals surface area (Å²) < 4.78 is 5.80. The number of anilines is 3. The van der Waals surface area contributed by atoms with Crippen LogP contribution in [0.1, 0.15) is 18.2 Å². The van der Waals surface area contributed by atoms with Crippen LogP contribution < -0.4 is 15.0 Å². The zero-order valence-electron chi connectivity index (χ0n) is 18.8. The fourth-order valence-corrected chi connectivity index (χ4v) is 3.68. The van der Waals surface area contributed by atoms with Gasteiger partial charge < -0.3 is 19.9 Å². The molecule has 1 N–H and O–H groups in total. The Morgan fingerprint density at radius 1 is 0.969 bits per heavy atom. The van der Waals surface area contributed by atoms with E-state index in [1.165, 1.54) is 5.56 Å². The SMILES string of the molecule is Cc1ccc(Nc2cc(C)nc(N3CCN(C(=O)C(C)Oc4ccccc4)CC3)n2)cc1. The maximum atomic E-state index is 12.8. The normalized spacial score (nSPS) is 14.7. The van der Waals surface area contributed by atoms with Crippen molar-refractivity contribution in [2.75, 3.05) is 36.4 Å². The number of nitrogens with one attached hydrogen (secondary N) is 1. The number of para-hydroxylation sites is 1. The lowest BCUT2D eigenvalue weighted by Crippen LogP contribution is -2.52. The highest BCUT2D eigenvalue weighted by atomic mass is 16.5. The molecule has 1 aliphatic rings. The molecule has 32 heavy (non-hydrogen) atoms. The molecule has 3 aromatic rings. The summed E-state index contributed by atoms with van der Waals surface area (Å²) in [6.07, 6.45) is -0.524. The zero-order valence-corrected chi connectivity index (χ0v) is 18.8. The van der Waals surface area contributed by atoms with E-state index in [0.29, 0.717) is 37.9 Å². The number of hydrogen-bond acceptors (Lipinski definition) is 6. The van der Waals surface area contributed by atoms with Crippen LogP contribution in [0.3, 0.4) is 0 Å². The van der Waals surface area contributed by atoms with Crippen LogP contribution in [0, 0.1) is 13.8 Å². The third kappa shape index (κ3) is 5.35. The monoisotopic (exact) mass is 431 g/mol. The van der Waals surface area contributed by atoms with Gasteiger partial charge in [0.05, 0.1) is 0 Å². The predicted molar refractivity (Wildman–Crippen MR) is 127 cm³/mol. The number of ether oxygens (including phenoxy) is 1. The van der Waals surface area contributed by atoms with E-state index in [1.807, 2.05) is 60.4 Å². The van der Waals surface area contributed by atoms with Gasteiger partial charge in [-0.1, -0.05) is 35.9 Å². The smallest absolute Gasteiger partial charge is 0.263 e. The average molecular weight is 432 g/mol. The van der Waals surface area contributed by atoms with Gasteiger partial charge in [-0.2, -0.15) is 4.98 Å². The molecule has 4 rings (SSSR count). The molecule has 2 aromatic carbocycles. The first-order chi connectivity index (χ1) is 15.5. The summed E-state index contributed by atoms with van der Waals surface area (Å²) in [5.74, 6) is 2.15. The molecule has 1 aromatic heterocycles. The number of amides is 1. The minimum atomic E-state index is -0.524. The Hall–Kier alpha value is -3.61. The second-order valence-corrected chi connectivity index (χ2v) is 8.07. The standard InChI is InChI=1S/C25H29N5O2/c1-18-9-11-21(12-10-18)27-23-17-19(2)26-25(28-23)30-15-13-29(14-16-30)24(31)20(3)32-22-7-5-4-6-8-22/h4-12,17,20H,13-16H2,1-3H3,(H,26,27,28). The first-order valence-corrected chi connectivity index (χ1v) is 10.9. The number of aromatic nitrogens is 2. The summed E-state index contributed by atoms with van der Waals surface area (Å²) in [7, 11) is 0. The van der Waals surface area contributed by atoms with Crippen LogP contribution in [-0.2, 0) is 4.79 Å². The minimum Gasteiger partial charge on any atom is -0.481 e. The first-order valence-electron chi connectivity index (χ1n) is 10.9. The summed E-state index contributed by atoms with van der Waals surface area (Å²) in [5.41, 5.74) is 3.10. The lowest BCUT2D eigenvalue weighted by Gasteiger charge is -2.36. The summed E-state index contributed by atoms with van der Waals surface area (Å²) in [6.45, 7) is 8.41. The maximum absolute atomic E-state index is 12.8. The highest BCUT2D eigenvalue weighted by molar-refractivity contribution is 5.81. The Balaban J connectivity index is 1.36. The number of piperazine rings is 1. The van der Waals surface area contributed by atoms with Crippen LogP contribution in [0.25, 0.3) is 0 Å². The van der Waals surface area contributed by atoms with Gasteiger partial charge in [0.2, 0.25) is 5.95 Å². The van der Waals surface area contributed by atoms with Crippen LogP contribution >= 0.6 is 0 Å². The van der Waals surface area contributed by atoms with E-state index in [9.17, 15) is 4.79 Å². The summed E-state index contributed by atoms with van der Waals surface area (Å²) in [6, 6.07) is 19.6. The van der Waals surface area contributed by atoms with Crippen LogP contribution in [-0.4, -0.2) is 53.1 Å². The molecule has 1 saturated heterocycles. The molecule has 0 aliphatic carbocycles. The van der Waals surface area contributed by atoms with Crippen molar-refractivity contribution in [2.45, 2.75) is 26.9 Å². The summed E-state index contributed by atoms with van der Waals surface area (Å²) in [5, 5.41) is 3.36. The van der Waals surface area contributed by atoms with E-state index in [1.54, 1.807) is 6.92 Å². The molecule has 166 valence electrons. The molecule has 1 unspecified atom stereocenters. The fraction of sp³-hybridized carbons (Fsp3) is 0.320. The number of carbonyl (C=O) groups is 1. The molecule has 1 atom stereocenters. The lowest BCUT2D eigenvalue weighted by atomic mass is 10.2. The second kappa shape index (κ2) is 9.68. The van der Waals surface area contributed by atoms with Gasteiger partial charge in [-0.3, -0.25) is 4.79 Å². The van der Waals surface area contributed by atoms with Gasteiger partial charge in [-0.15, -0.1) is 0 Å². The topological polar surface area (TPSA) is 70.6 Å². The molecular formula is C25H29N5O2. The third-order valence-electron chi connectivity index (χ3n) is 5.44. The first kappa shape index (κ1) is 21.6. The second-order valence-electron chi connectivity index (χ2n) is 8.07. The van der Waals surface area contributed by atoms with E-state index < -0.39 is 6.10 Å². The Morgan fingerprint density at radius 2 is 1.66 bits per heavy atom. The number of aryl methyl sites for hydroxylation is 2. The number of benzene rings is 2. The van der Waals surface area contributed by atoms with Gasteiger partial charge in [0, 0.05) is 43.6 Å². The van der Waals surface area contributed by atoms with Crippen molar-refractivity contribution in [3.05, 3.63) is 71.9 Å². The average Bonchev–Trinajstić information content (AvgIpc) is 2.80. The zero-order chi connectivity index (χ0) is 22.5. The van der Waals surface area contributed by atoms with Crippen molar-refractivity contribution in [1.29, 1.82) is 0 Å². The van der Waals surface area contributed by atoms with Crippen molar-refractivity contribution in [3.8, 4) is 5.75 Å². The van der Waals surface area contributed by atoms with Crippen molar-refractivity contribution < 1.29 is 9.53 Å². The Morgan fingerprint density at radius 3 is 2.34 bits per heavy atom. The van der Waals surface area contributed by atoms with Gasteiger partial charge in [0.25, 0.3) is 5.91 Å². The van der Waals surface area contributed by atoms with Crippen molar-refractivity contribution in [1.82, 2.24) is 14.9 Å². The fourth-order valence-electron chi connectivity index (χ4n) is 3.68. The molecule has 0 saturated carbocycles. The highest BCUT2D eigenvalue weighted by Crippen LogP contribution is 2.20. The van der Waals surface area contributed by atoms with Gasteiger partial charge in [0.1, 0.15) is 11.6 Å². The van der Waals surface area contributed by atoms with E-state index in [4.69, 9.17) is 9.72 Å². The molecule has 2 heterocycles. The molecule has 0 bridgehead atoms. The van der Waals surface area contributed by atoms with Crippen LogP contribution in [0.4, 0.5) is 17.5 Å². The number of rotatable bonds is 6. The Kier molecular flexibility index (Phi) is 6.54. The molecule has 1 aliphatic heterocycles. The molecular weight excluding hydrogens is 402 g/mol. The summed E-state index contributed by atoms with van der Waals surface area (Å²) in [4.78, 5) is 26.1. The van der Waals surface area contributed by atoms with Crippen molar-refractivity contribution in [2.24, 2.45) is 0 Å². The maximum Gasteiger partial charge on any atom is 0.263 e. The van der Waals surface area contributed by atoms with E-state index >= 15 is 0 Å². The van der Waals surface area contributed by atoms with Crippen LogP contribution in [0.2, 0.25) is 0 Å². The number of nitrogens with zero attached hydrogens (tertiary/aromatic N) is 4. The molecule has 0 spiro atoms. The number of hydrogen-bond donors (Lipinski definition) is 1. The van der Waals surface area contributed by atoms with Crippen molar-refractivity contribution >= 4 is 23.4 Å². The minimum absolute atomic E-state index is 0.000361. The van der Waals surface area contributed by atoms with Crippen LogP contribution in [0.5, 0.6) is 5.75 Å². The van der Waals surface area contributed by atoms with Crippen molar-refractivity contribution in [3.63, 3.8) is 0 Å². The number of carbonyl (C=O) groups excluding carboxylic acids is 1. The van der Waals surface area contributed by atoms with Crippen LogP contribution in [0.15, 0.2) is 60.7 Å². The molecule has 1 fully saturated rings. The van der Waals surface area contributed by atoms with Gasteiger partial charge in [-0.25, -0.2) is 4.98 Å². The summed E-state index contributed by atoms with van der Waals surface area (Å²) >= 11 is 0. The molecule has 7 heteroatoms. The van der Waals surface area contributed by atoms with Gasteiger partial charge >= 0.3 is 0 Å². The van der Waals surface area contributed by atoms with Gasteiger partial charge in [0.15, 0.2) is 6.10 Å². The largest absolute Gasteiger partial charge is 0.481 e.